The quantitative estimate of drug-likeness (QED) is 0.276. The fourth-order valence-corrected chi connectivity index (χ4v) is 2.30. The Bertz CT molecular complexity index is 523. The van der Waals surface area contributed by atoms with Gasteiger partial charge in [-0.1, -0.05) is 50.3 Å². The lowest BCUT2D eigenvalue weighted by Crippen LogP contribution is -2.07. The number of hydrogen-bond acceptors (Lipinski definition) is 2. The van der Waals surface area contributed by atoms with Crippen LogP contribution in [0.2, 0.25) is 0 Å². The average Bonchev–Trinajstić information content (AvgIpc) is 2.53. The van der Waals surface area contributed by atoms with Crippen LogP contribution in [0.25, 0.3) is 0 Å². The molecule has 0 N–H and O–H groups in total. The summed E-state index contributed by atoms with van der Waals surface area (Å²) >= 11 is 0. The molecule has 118 valence electrons. The highest BCUT2D eigenvalue weighted by molar-refractivity contribution is 5.69. The van der Waals surface area contributed by atoms with Crippen LogP contribution in [-0.2, 0) is 22.4 Å². The molecule has 0 radical (unpaired) electrons. The molecule has 0 aliphatic carbocycles. The molecule has 0 aliphatic heterocycles. The van der Waals surface area contributed by atoms with E-state index in [1.54, 1.807) is 0 Å². The van der Waals surface area contributed by atoms with E-state index in [9.17, 15) is 4.79 Å². The second-order valence-corrected chi connectivity index (χ2v) is 5.41. The summed E-state index contributed by atoms with van der Waals surface area (Å²) in [7, 11) is 0. The first-order chi connectivity index (χ1) is 10.7. The predicted molar refractivity (Wildman–Crippen MR) is 91.7 cm³/mol. The molecule has 2 nitrogen and oxygen atoms in total. The highest BCUT2D eigenvalue weighted by Gasteiger charge is 2.06. The number of unbranched alkanes of at least 4 members (excludes halogenated alkanes) is 3. The van der Waals surface area contributed by atoms with Gasteiger partial charge in [-0.05, 0) is 36.5 Å². The fourth-order valence-electron chi connectivity index (χ4n) is 2.30. The summed E-state index contributed by atoms with van der Waals surface area (Å²) in [5, 5.41) is 0. The number of ether oxygens (including phenoxy) is 1. The van der Waals surface area contributed by atoms with Crippen LogP contribution < -0.4 is 0 Å². The monoisotopic (exact) mass is 298 g/mol. The SMILES string of the molecule is C#Cc1ccc(CCC(=O)OCCCCCC)cc1CC=C. The van der Waals surface area contributed by atoms with Gasteiger partial charge in [0, 0.05) is 12.0 Å². The van der Waals surface area contributed by atoms with Gasteiger partial charge in [0.15, 0.2) is 0 Å². The van der Waals surface area contributed by atoms with E-state index in [-0.39, 0.29) is 5.97 Å². The van der Waals surface area contributed by atoms with Crippen molar-refractivity contribution in [3.63, 3.8) is 0 Å². The predicted octanol–water partition coefficient (Wildman–Crippen LogP) is 4.45. The molecule has 0 heterocycles. The van der Waals surface area contributed by atoms with E-state index in [0.29, 0.717) is 19.4 Å². The maximum absolute atomic E-state index is 11.7. The van der Waals surface area contributed by atoms with E-state index >= 15 is 0 Å². The standard InChI is InChI=1S/C20H26O2/c1-4-7-8-9-15-22-20(21)14-12-17-11-13-18(6-3)19(16-17)10-5-2/h3,5,11,13,16H,2,4,7-10,12,14-15H2,1H3. The first-order valence-corrected chi connectivity index (χ1v) is 8.06. The zero-order valence-electron chi connectivity index (χ0n) is 13.6. The number of benzene rings is 1. The van der Waals surface area contributed by atoms with Crippen molar-refractivity contribution in [1.29, 1.82) is 0 Å². The minimum absolute atomic E-state index is 0.122. The largest absolute Gasteiger partial charge is 0.466 e. The number of aryl methyl sites for hydroxylation is 1. The van der Waals surface area contributed by atoms with E-state index in [1.807, 2.05) is 18.2 Å². The van der Waals surface area contributed by atoms with E-state index in [0.717, 1.165) is 36.0 Å². The Morgan fingerprint density at radius 1 is 1.36 bits per heavy atom. The molecule has 0 unspecified atom stereocenters. The van der Waals surface area contributed by atoms with Crippen molar-refractivity contribution in [2.75, 3.05) is 6.61 Å². The molecule has 0 amide bonds. The molecule has 0 spiro atoms. The molecule has 2 heteroatoms. The first-order valence-electron chi connectivity index (χ1n) is 8.06. The second kappa shape index (κ2) is 10.7. The molecule has 1 aromatic carbocycles. The molecule has 0 aliphatic rings. The summed E-state index contributed by atoms with van der Waals surface area (Å²) < 4.78 is 5.25. The van der Waals surface area contributed by atoms with Gasteiger partial charge in [0.05, 0.1) is 6.61 Å². The molecule has 0 fully saturated rings. The average molecular weight is 298 g/mol. The smallest absolute Gasteiger partial charge is 0.306 e. The van der Waals surface area contributed by atoms with Crippen molar-refractivity contribution in [1.82, 2.24) is 0 Å². The zero-order valence-corrected chi connectivity index (χ0v) is 13.6. The van der Waals surface area contributed by atoms with Gasteiger partial charge in [-0.15, -0.1) is 13.0 Å². The molecular weight excluding hydrogens is 272 g/mol. The third-order valence-corrected chi connectivity index (χ3v) is 3.57. The Morgan fingerprint density at radius 3 is 2.86 bits per heavy atom. The molecule has 0 aromatic heterocycles. The fraction of sp³-hybridized carbons (Fsp3) is 0.450. The Morgan fingerprint density at radius 2 is 2.18 bits per heavy atom. The van der Waals surface area contributed by atoms with E-state index < -0.39 is 0 Å². The van der Waals surface area contributed by atoms with Gasteiger partial charge in [-0.2, -0.15) is 0 Å². The van der Waals surface area contributed by atoms with E-state index in [4.69, 9.17) is 11.2 Å². The molecule has 0 saturated carbocycles. The molecule has 0 atom stereocenters. The molecular formula is C20H26O2. The highest BCUT2D eigenvalue weighted by Crippen LogP contribution is 2.14. The number of terminal acetylenes is 1. The normalized spacial score (nSPS) is 10.0. The zero-order chi connectivity index (χ0) is 16.2. The number of hydrogen-bond donors (Lipinski definition) is 0. The van der Waals surface area contributed by atoms with E-state index in [2.05, 4.69) is 25.5 Å². The summed E-state index contributed by atoms with van der Waals surface area (Å²) in [5.74, 6) is 2.56. The molecule has 0 saturated heterocycles. The van der Waals surface area contributed by atoms with Crippen LogP contribution in [0.1, 0.15) is 55.7 Å². The third-order valence-electron chi connectivity index (χ3n) is 3.57. The van der Waals surface area contributed by atoms with Crippen LogP contribution in [-0.4, -0.2) is 12.6 Å². The van der Waals surface area contributed by atoms with Crippen molar-refractivity contribution in [2.24, 2.45) is 0 Å². The summed E-state index contributed by atoms with van der Waals surface area (Å²) in [6, 6.07) is 5.98. The number of carbonyl (C=O) groups is 1. The van der Waals surface area contributed by atoms with Crippen molar-refractivity contribution >= 4 is 5.97 Å². The Balaban J connectivity index is 2.41. The lowest BCUT2D eigenvalue weighted by Gasteiger charge is -2.07. The van der Waals surface area contributed by atoms with Gasteiger partial charge in [-0.3, -0.25) is 4.79 Å². The van der Waals surface area contributed by atoms with Gasteiger partial charge in [0.25, 0.3) is 0 Å². The molecule has 22 heavy (non-hydrogen) atoms. The van der Waals surface area contributed by atoms with Crippen LogP contribution in [0.3, 0.4) is 0 Å². The van der Waals surface area contributed by atoms with Crippen molar-refractivity contribution in [3.8, 4) is 12.3 Å². The number of allylic oxidation sites excluding steroid dienone is 1. The Kier molecular flexibility index (Phi) is 8.76. The van der Waals surface area contributed by atoms with Gasteiger partial charge in [0.1, 0.15) is 0 Å². The third kappa shape index (κ3) is 6.63. The van der Waals surface area contributed by atoms with Crippen LogP contribution in [0.4, 0.5) is 0 Å². The minimum Gasteiger partial charge on any atom is -0.466 e. The maximum atomic E-state index is 11.7. The summed E-state index contributed by atoms with van der Waals surface area (Å²) in [4.78, 5) is 11.7. The molecule has 0 bridgehead atoms. The Labute approximate surface area is 134 Å². The second-order valence-electron chi connectivity index (χ2n) is 5.41. The van der Waals surface area contributed by atoms with Gasteiger partial charge in [0.2, 0.25) is 0 Å². The van der Waals surface area contributed by atoms with Crippen molar-refractivity contribution in [2.45, 2.75) is 51.9 Å². The lowest BCUT2D eigenvalue weighted by molar-refractivity contribution is -0.143. The lowest BCUT2D eigenvalue weighted by atomic mass is 9.99. The molecule has 1 rings (SSSR count). The number of esters is 1. The van der Waals surface area contributed by atoms with Crippen LogP contribution >= 0.6 is 0 Å². The summed E-state index contributed by atoms with van der Waals surface area (Å²) in [6.45, 7) is 6.45. The van der Waals surface area contributed by atoms with Crippen molar-refractivity contribution < 1.29 is 9.53 Å². The number of rotatable bonds is 10. The topological polar surface area (TPSA) is 26.3 Å². The van der Waals surface area contributed by atoms with Gasteiger partial charge in [-0.25, -0.2) is 0 Å². The Hall–Kier alpha value is -2.01. The number of carbonyl (C=O) groups excluding carboxylic acids is 1. The molecule has 1 aromatic rings. The minimum atomic E-state index is -0.122. The van der Waals surface area contributed by atoms with Gasteiger partial charge >= 0.3 is 5.97 Å². The first kappa shape index (κ1) is 18.0. The van der Waals surface area contributed by atoms with E-state index in [1.165, 1.54) is 12.8 Å². The summed E-state index contributed by atoms with van der Waals surface area (Å²) in [6.07, 6.45) is 13.6. The highest BCUT2D eigenvalue weighted by atomic mass is 16.5. The van der Waals surface area contributed by atoms with Crippen LogP contribution in [0.5, 0.6) is 0 Å². The van der Waals surface area contributed by atoms with Gasteiger partial charge < -0.3 is 4.74 Å². The maximum Gasteiger partial charge on any atom is 0.306 e. The van der Waals surface area contributed by atoms with Crippen LogP contribution in [0.15, 0.2) is 30.9 Å². The summed E-state index contributed by atoms with van der Waals surface area (Å²) in [5.41, 5.74) is 3.09. The van der Waals surface area contributed by atoms with Crippen LogP contribution in [0, 0.1) is 12.3 Å². The van der Waals surface area contributed by atoms with Crippen molar-refractivity contribution in [3.05, 3.63) is 47.5 Å².